The van der Waals surface area contributed by atoms with E-state index in [2.05, 4.69) is 15.3 Å². The van der Waals surface area contributed by atoms with Crippen molar-refractivity contribution in [1.29, 1.82) is 0 Å². The van der Waals surface area contributed by atoms with Gasteiger partial charge in [0.2, 0.25) is 0 Å². The number of carbonyl (C=O) groups is 1. The van der Waals surface area contributed by atoms with Crippen LogP contribution >= 0.6 is 0 Å². The average Bonchev–Trinajstić information content (AvgIpc) is 2.26. The molecule has 1 aromatic heterocycles. The molecule has 0 saturated heterocycles. The van der Waals surface area contributed by atoms with Crippen molar-refractivity contribution < 1.29 is 14.6 Å². The van der Waals surface area contributed by atoms with Gasteiger partial charge in [0.1, 0.15) is 5.82 Å². The number of anilines is 1. The summed E-state index contributed by atoms with van der Waals surface area (Å²) in [5, 5.41) is 11.8. The summed E-state index contributed by atoms with van der Waals surface area (Å²) in [5.74, 6) is -0.621. The van der Waals surface area contributed by atoms with E-state index in [4.69, 9.17) is 9.84 Å². The quantitative estimate of drug-likeness (QED) is 0.751. The van der Waals surface area contributed by atoms with Gasteiger partial charge < -0.3 is 15.2 Å². The molecule has 0 radical (unpaired) electrons. The molecule has 0 aromatic carbocycles. The molecule has 1 rings (SSSR count). The third kappa shape index (κ3) is 3.82. The molecule has 1 heterocycles. The van der Waals surface area contributed by atoms with Gasteiger partial charge in [-0.3, -0.25) is 4.98 Å². The first-order valence-electron chi connectivity index (χ1n) is 4.94. The van der Waals surface area contributed by atoms with Crippen molar-refractivity contribution in [3.63, 3.8) is 0 Å². The Bertz CT molecular complexity index is 357. The standard InChI is InChI=1S/C10H15N3O3/c1-7(3-4-16-2)12-9-6-11-5-8(13-9)10(14)15/h5-7H,3-4H2,1-2H3,(H,12,13)(H,14,15). The zero-order valence-corrected chi connectivity index (χ0v) is 9.30. The highest BCUT2D eigenvalue weighted by atomic mass is 16.5. The summed E-state index contributed by atoms with van der Waals surface area (Å²) in [6.07, 6.45) is 3.53. The number of aromatic carboxylic acids is 1. The summed E-state index contributed by atoms with van der Waals surface area (Å²) >= 11 is 0. The van der Waals surface area contributed by atoms with E-state index < -0.39 is 5.97 Å². The highest BCUT2D eigenvalue weighted by Crippen LogP contribution is 2.06. The third-order valence-corrected chi connectivity index (χ3v) is 2.00. The molecule has 6 nitrogen and oxygen atoms in total. The predicted octanol–water partition coefficient (Wildman–Crippen LogP) is 1.01. The Morgan fingerprint density at radius 3 is 3.00 bits per heavy atom. The van der Waals surface area contributed by atoms with Crippen molar-refractivity contribution in [2.24, 2.45) is 0 Å². The molecule has 0 bridgehead atoms. The van der Waals surface area contributed by atoms with Crippen LogP contribution in [0.2, 0.25) is 0 Å². The lowest BCUT2D eigenvalue weighted by atomic mass is 10.2. The molecule has 0 aliphatic rings. The van der Waals surface area contributed by atoms with E-state index in [1.807, 2.05) is 6.92 Å². The van der Waals surface area contributed by atoms with E-state index in [0.717, 1.165) is 6.42 Å². The third-order valence-electron chi connectivity index (χ3n) is 2.00. The van der Waals surface area contributed by atoms with Gasteiger partial charge in [0.05, 0.1) is 12.4 Å². The molecular formula is C10H15N3O3. The second kappa shape index (κ2) is 6.02. The number of nitrogens with zero attached hydrogens (tertiary/aromatic N) is 2. The first kappa shape index (κ1) is 12.4. The summed E-state index contributed by atoms with van der Waals surface area (Å²) in [5.41, 5.74) is -0.0658. The molecule has 2 N–H and O–H groups in total. The first-order valence-corrected chi connectivity index (χ1v) is 4.94. The highest BCUT2D eigenvalue weighted by Gasteiger charge is 2.07. The minimum Gasteiger partial charge on any atom is -0.476 e. The fourth-order valence-electron chi connectivity index (χ4n) is 1.16. The van der Waals surface area contributed by atoms with Crippen LogP contribution < -0.4 is 5.32 Å². The number of methoxy groups -OCH3 is 1. The van der Waals surface area contributed by atoms with Crippen LogP contribution in [0.3, 0.4) is 0 Å². The Kier molecular flexibility index (Phi) is 4.65. The maximum absolute atomic E-state index is 10.7. The molecule has 0 saturated carbocycles. The van der Waals surface area contributed by atoms with Gasteiger partial charge in [-0.25, -0.2) is 9.78 Å². The van der Waals surface area contributed by atoms with Crippen LogP contribution in [-0.4, -0.2) is 40.8 Å². The molecule has 0 amide bonds. The summed E-state index contributed by atoms with van der Waals surface area (Å²) in [4.78, 5) is 18.4. The summed E-state index contributed by atoms with van der Waals surface area (Å²) in [6, 6.07) is 0.151. The van der Waals surface area contributed by atoms with Gasteiger partial charge in [0.15, 0.2) is 5.69 Å². The number of hydrogen-bond acceptors (Lipinski definition) is 5. The molecule has 0 aliphatic heterocycles. The van der Waals surface area contributed by atoms with Crippen molar-refractivity contribution in [2.45, 2.75) is 19.4 Å². The Morgan fingerprint density at radius 1 is 1.62 bits per heavy atom. The minimum absolute atomic E-state index is 0.0658. The lowest BCUT2D eigenvalue weighted by molar-refractivity contribution is 0.0690. The SMILES string of the molecule is COCCC(C)Nc1cncc(C(=O)O)n1. The number of hydrogen-bond donors (Lipinski definition) is 2. The maximum atomic E-state index is 10.7. The molecule has 6 heteroatoms. The monoisotopic (exact) mass is 225 g/mol. The lowest BCUT2D eigenvalue weighted by Crippen LogP contribution is -2.18. The van der Waals surface area contributed by atoms with Gasteiger partial charge in [0, 0.05) is 19.8 Å². The normalized spacial score (nSPS) is 12.1. The Morgan fingerprint density at radius 2 is 2.38 bits per heavy atom. The number of ether oxygens (including phenoxy) is 1. The molecule has 1 aromatic rings. The van der Waals surface area contributed by atoms with Crippen LogP contribution in [0.25, 0.3) is 0 Å². The fourth-order valence-corrected chi connectivity index (χ4v) is 1.16. The van der Waals surface area contributed by atoms with E-state index in [9.17, 15) is 4.79 Å². The topological polar surface area (TPSA) is 84.3 Å². The average molecular weight is 225 g/mol. The second-order valence-corrected chi connectivity index (χ2v) is 3.42. The number of aromatic nitrogens is 2. The number of carboxylic acid groups (broad SMARTS) is 1. The van der Waals surface area contributed by atoms with Crippen molar-refractivity contribution in [3.05, 3.63) is 18.1 Å². The first-order chi connectivity index (χ1) is 7.63. The molecule has 16 heavy (non-hydrogen) atoms. The number of nitrogens with one attached hydrogen (secondary N) is 1. The summed E-state index contributed by atoms with van der Waals surface area (Å²) in [6.45, 7) is 2.61. The molecule has 0 fully saturated rings. The van der Waals surface area contributed by atoms with Crippen LogP contribution in [0.4, 0.5) is 5.82 Å². The maximum Gasteiger partial charge on any atom is 0.356 e. The van der Waals surface area contributed by atoms with Gasteiger partial charge in [-0.1, -0.05) is 0 Å². The minimum atomic E-state index is -1.08. The molecule has 0 spiro atoms. The molecule has 88 valence electrons. The van der Waals surface area contributed by atoms with E-state index in [-0.39, 0.29) is 11.7 Å². The fraction of sp³-hybridized carbons (Fsp3) is 0.500. The van der Waals surface area contributed by atoms with Crippen molar-refractivity contribution in [1.82, 2.24) is 9.97 Å². The zero-order valence-electron chi connectivity index (χ0n) is 9.30. The highest BCUT2D eigenvalue weighted by molar-refractivity contribution is 5.85. The number of rotatable bonds is 6. The summed E-state index contributed by atoms with van der Waals surface area (Å²) in [7, 11) is 1.64. The van der Waals surface area contributed by atoms with Crippen LogP contribution in [-0.2, 0) is 4.74 Å². The Balaban J connectivity index is 2.59. The summed E-state index contributed by atoms with van der Waals surface area (Å²) < 4.78 is 4.94. The number of carboxylic acids is 1. The predicted molar refractivity (Wildman–Crippen MR) is 58.6 cm³/mol. The second-order valence-electron chi connectivity index (χ2n) is 3.42. The van der Waals surface area contributed by atoms with Crippen LogP contribution in [0.15, 0.2) is 12.4 Å². The van der Waals surface area contributed by atoms with Gasteiger partial charge in [-0.2, -0.15) is 0 Å². The Hall–Kier alpha value is -1.69. The van der Waals surface area contributed by atoms with Gasteiger partial charge in [-0.05, 0) is 13.3 Å². The van der Waals surface area contributed by atoms with Crippen LogP contribution in [0.1, 0.15) is 23.8 Å². The van der Waals surface area contributed by atoms with Crippen molar-refractivity contribution in [2.75, 3.05) is 19.0 Å². The van der Waals surface area contributed by atoms with Gasteiger partial charge in [0.25, 0.3) is 0 Å². The smallest absolute Gasteiger partial charge is 0.356 e. The van der Waals surface area contributed by atoms with Crippen molar-refractivity contribution in [3.8, 4) is 0 Å². The Labute approximate surface area is 93.7 Å². The van der Waals surface area contributed by atoms with Crippen LogP contribution in [0, 0.1) is 0 Å². The zero-order chi connectivity index (χ0) is 12.0. The molecule has 1 atom stereocenters. The molecule has 0 aliphatic carbocycles. The van der Waals surface area contributed by atoms with Gasteiger partial charge >= 0.3 is 5.97 Å². The van der Waals surface area contributed by atoms with Gasteiger partial charge in [-0.15, -0.1) is 0 Å². The molecular weight excluding hydrogens is 210 g/mol. The van der Waals surface area contributed by atoms with E-state index in [1.165, 1.54) is 12.4 Å². The largest absolute Gasteiger partial charge is 0.476 e. The van der Waals surface area contributed by atoms with Crippen LogP contribution in [0.5, 0.6) is 0 Å². The lowest BCUT2D eigenvalue weighted by Gasteiger charge is -2.13. The van der Waals surface area contributed by atoms with E-state index in [1.54, 1.807) is 7.11 Å². The van der Waals surface area contributed by atoms with Crippen molar-refractivity contribution >= 4 is 11.8 Å². The van der Waals surface area contributed by atoms with E-state index in [0.29, 0.717) is 12.4 Å². The van der Waals surface area contributed by atoms with E-state index >= 15 is 0 Å². The molecule has 1 unspecified atom stereocenters.